The largest absolute Gasteiger partial charge is 0.0853 e. The second-order valence-electron chi connectivity index (χ2n) is 5.77. The van der Waals surface area contributed by atoms with Crippen molar-refractivity contribution in [2.24, 2.45) is 5.41 Å². The van der Waals surface area contributed by atoms with Crippen LogP contribution < -0.4 is 0 Å². The summed E-state index contributed by atoms with van der Waals surface area (Å²) in [6, 6.07) is 0. The fraction of sp³-hybridized carbons (Fsp3) is 0.625. The quantitative estimate of drug-likeness (QED) is 0.476. The van der Waals surface area contributed by atoms with Gasteiger partial charge in [-0.1, -0.05) is 49.3 Å². The van der Waals surface area contributed by atoms with Crippen LogP contribution in [0, 0.1) is 5.41 Å². The van der Waals surface area contributed by atoms with Gasteiger partial charge in [0.2, 0.25) is 0 Å². The predicted octanol–water partition coefficient (Wildman–Crippen LogP) is 5.43. The molecule has 0 amide bonds. The van der Waals surface area contributed by atoms with E-state index in [0.717, 1.165) is 6.42 Å². The van der Waals surface area contributed by atoms with Crippen LogP contribution in [0.5, 0.6) is 0 Å². The Morgan fingerprint density at radius 1 is 1.00 bits per heavy atom. The summed E-state index contributed by atoms with van der Waals surface area (Å²) in [7, 11) is 0. The average molecular weight is 218 g/mol. The van der Waals surface area contributed by atoms with E-state index in [1.165, 1.54) is 31.3 Å². The fourth-order valence-electron chi connectivity index (χ4n) is 2.01. The average Bonchev–Trinajstić information content (AvgIpc) is 2.21. The Hall–Kier alpha value is -0.780. The molecule has 0 radical (unpaired) electrons. The Morgan fingerprint density at radius 2 is 1.69 bits per heavy atom. The molecule has 0 heteroatoms. The van der Waals surface area contributed by atoms with Crippen molar-refractivity contribution >= 4 is 0 Å². The molecule has 0 N–H and O–H groups in total. The number of hydrogen-bond acceptors (Lipinski definition) is 0. The van der Waals surface area contributed by atoms with E-state index in [2.05, 4.69) is 52.0 Å². The van der Waals surface area contributed by atoms with E-state index in [1.807, 2.05) is 0 Å². The van der Waals surface area contributed by atoms with Crippen molar-refractivity contribution in [1.82, 2.24) is 0 Å². The molecule has 0 saturated heterocycles. The molecule has 90 valence electrons. The number of allylic oxidation sites excluding steroid dienone is 6. The molecule has 0 saturated carbocycles. The van der Waals surface area contributed by atoms with Crippen LogP contribution >= 0.6 is 0 Å². The van der Waals surface area contributed by atoms with Crippen LogP contribution in [0.2, 0.25) is 0 Å². The maximum absolute atomic E-state index is 2.42. The summed E-state index contributed by atoms with van der Waals surface area (Å²) in [6.07, 6.45) is 15.5. The normalized spacial score (nSPS) is 31.2. The van der Waals surface area contributed by atoms with Gasteiger partial charge in [-0.2, -0.15) is 0 Å². The smallest absolute Gasteiger partial charge is 0.0166 e. The van der Waals surface area contributed by atoms with E-state index >= 15 is 0 Å². The molecule has 0 nitrogen and oxygen atoms in total. The van der Waals surface area contributed by atoms with Crippen molar-refractivity contribution < 1.29 is 0 Å². The van der Waals surface area contributed by atoms with Crippen LogP contribution in [0.1, 0.15) is 59.8 Å². The third-order valence-corrected chi connectivity index (χ3v) is 3.37. The van der Waals surface area contributed by atoms with Crippen LogP contribution in [0.15, 0.2) is 35.5 Å². The highest BCUT2D eigenvalue weighted by Crippen LogP contribution is 2.27. The summed E-state index contributed by atoms with van der Waals surface area (Å²) in [5.41, 5.74) is 3.41. The van der Waals surface area contributed by atoms with Crippen LogP contribution in [0.3, 0.4) is 0 Å². The van der Waals surface area contributed by atoms with E-state index in [-0.39, 0.29) is 0 Å². The predicted molar refractivity (Wildman–Crippen MR) is 73.5 cm³/mol. The molecule has 0 atom stereocenters. The van der Waals surface area contributed by atoms with E-state index in [1.54, 1.807) is 5.57 Å². The van der Waals surface area contributed by atoms with Crippen LogP contribution in [0.4, 0.5) is 0 Å². The molecule has 0 unspecified atom stereocenters. The third kappa shape index (κ3) is 5.34. The van der Waals surface area contributed by atoms with Crippen LogP contribution in [-0.4, -0.2) is 0 Å². The summed E-state index contributed by atoms with van der Waals surface area (Å²) in [5.74, 6) is 0. The molecular formula is C16H26. The van der Waals surface area contributed by atoms with Crippen molar-refractivity contribution in [2.45, 2.75) is 59.8 Å². The fourth-order valence-corrected chi connectivity index (χ4v) is 2.01. The van der Waals surface area contributed by atoms with Crippen molar-refractivity contribution in [3.63, 3.8) is 0 Å². The third-order valence-electron chi connectivity index (χ3n) is 3.37. The molecule has 0 spiro atoms. The van der Waals surface area contributed by atoms with Gasteiger partial charge < -0.3 is 0 Å². The first-order valence-corrected chi connectivity index (χ1v) is 6.48. The highest BCUT2D eigenvalue weighted by atomic mass is 14.2. The van der Waals surface area contributed by atoms with Gasteiger partial charge in [0.15, 0.2) is 0 Å². The summed E-state index contributed by atoms with van der Waals surface area (Å²) in [4.78, 5) is 0. The molecule has 0 fully saturated rings. The van der Waals surface area contributed by atoms with Crippen molar-refractivity contribution in [1.29, 1.82) is 0 Å². The Balaban J connectivity index is 2.74. The molecule has 0 heterocycles. The first kappa shape index (κ1) is 13.3. The zero-order chi connectivity index (χ0) is 12.0. The van der Waals surface area contributed by atoms with E-state index in [4.69, 9.17) is 0 Å². The van der Waals surface area contributed by atoms with Gasteiger partial charge in [0.25, 0.3) is 0 Å². The molecular weight excluding hydrogens is 192 g/mol. The summed E-state index contributed by atoms with van der Waals surface area (Å²) >= 11 is 0. The lowest BCUT2D eigenvalue weighted by molar-refractivity contribution is 0.436. The maximum atomic E-state index is 2.42. The van der Waals surface area contributed by atoms with E-state index in [0.29, 0.717) is 5.41 Å². The number of rotatable bonds is 0. The van der Waals surface area contributed by atoms with Gasteiger partial charge in [-0.3, -0.25) is 0 Å². The molecule has 0 aromatic heterocycles. The van der Waals surface area contributed by atoms with Gasteiger partial charge in [0.05, 0.1) is 0 Å². The minimum absolute atomic E-state index is 0.343. The monoisotopic (exact) mass is 218 g/mol. The lowest BCUT2D eigenvalue weighted by Crippen LogP contribution is -2.07. The molecule has 0 aromatic carbocycles. The topological polar surface area (TPSA) is 0 Å². The standard InChI is InChI=1S/C16H26/c1-14-8-5-6-12-16(3,4)13-11-15(2)10-7-9-14/h6,8,10,12H,5,7,9,11,13H2,1-4H3/b12-6+,14-8+,15-10+. The van der Waals surface area contributed by atoms with Crippen LogP contribution in [0.25, 0.3) is 0 Å². The van der Waals surface area contributed by atoms with Crippen molar-refractivity contribution in [3.8, 4) is 0 Å². The molecule has 0 aromatic rings. The van der Waals surface area contributed by atoms with E-state index in [9.17, 15) is 0 Å². The SMILES string of the molecule is C/C1=C\C/C=C/C(C)(C)CC/C(C)=C/CC1. The Kier molecular flexibility index (Phi) is 5.05. The van der Waals surface area contributed by atoms with Gasteiger partial charge in [-0.25, -0.2) is 0 Å². The Bertz CT molecular complexity index is 300. The van der Waals surface area contributed by atoms with Crippen LogP contribution in [-0.2, 0) is 0 Å². The molecule has 1 rings (SSSR count). The summed E-state index contributed by atoms with van der Waals surface area (Å²) in [6.45, 7) is 9.18. The van der Waals surface area contributed by atoms with Crippen molar-refractivity contribution in [3.05, 3.63) is 35.5 Å². The second kappa shape index (κ2) is 6.08. The van der Waals surface area contributed by atoms with Gasteiger partial charge >= 0.3 is 0 Å². The van der Waals surface area contributed by atoms with E-state index < -0.39 is 0 Å². The second-order valence-corrected chi connectivity index (χ2v) is 5.77. The molecule has 1 aliphatic rings. The minimum Gasteiger partial charge on any atom is -0.0853 e. The first-order valence-electron chi connectivity index (χ1n) is 6.48. The molecule has 0 aliphatic heterocycles. The number of hydrogen-bond donors (Lipinski definition) is 0. The zero-order valence-electron chi connectivity index (χ0n) is 11.3. The Morgan fingerprint density at radius 3 is 2.44 bits per heavy atom. The van der Waals surface area contributed by atoms with Gasteiger partial charge in [0.1, 0.15) is 0 Å². The first-order chi connectivity index (χ1) is 7.49. The molecule has 0 bridgehead atoms. The molecule has 1 aliphatic carbocycles. The highest BCUT2D eigenvalue weighted by molar-refractivity contribution is 5.09. The lowest BCUT2D eigenvalue weighted by atomic mass is 9.85. The van der Waals surface area contributed by atoms with Crippen molar-refractivity contribution in [2.75, 3.05) is 0 Å². The maximum Gasteiger partial charge on any atom is -0.0166 e. The highest BCUT2D eigenvalue weighted by Gasteiger charge is 2.13. The van der Waals surface area contributed by atoms with Gasteiger partial charge in [-0.05, 0) is 51.4 Å². The minimum atomic E-state index is 0.343. The Labute approximate surface area is 101 Å². The zero-order valence-corrected chi connectivity index (χ0v) is 11.3. The van der Waals surface area contributed by atoms with Gasteiger partial charge in [-0.15, -0.1) is 0 Å². The summed E-state index contributed by atoms with van der Waals surface area (Å²) < 4.78 is 0. The van der Waals surface area contributed by atoms with Gasteiger partial charge in [0, 0.05) is 0 Å². The molecule has 16 heavy (non-hydrogen) atoms. The summed E-state index contributed by atoms with van der Waals surface area (Å²) in [5, 5.41) is 0. The lowest BCUT2D eigenvalue weighted by Gasteiger charge is -2.20.